The molecule has 0 aromatic carbocycles. The maximum atomic E-state index is 12.0. The number of rotatable bonds is 4. The molecule has 1 aromatic heterocycles. The third kappa shape index (κ3) is 3.55. The molecule has 1 saturated heterocycles. The number of hydrogen-bond acceptors (Lipinski definition) is 4. The number of hydrogen-bond donors (Lipinski definition) is 0. The van der Waals surface area contributed by atoms with Gasteiger partial charge in [0.05, 0.1) is 0 Å². The fourth-order valence-electron chi connectivity index (χ4n) is 2.25. The second-order valence-electron chi connectivity index (χ2n) is 5.15. The first-order chi connectivity index (χ1) is 8.65. The number of amides is 1. The monoisotopic (exact) mass is 251 g/mol. The molecule has 0 unspecified atom stereocenters. The van der Waals surface area contributed by atoms with Gasteiger partial charge in [-0.05, 0) is 32.1 Å². The zero-order valence-electron chi connectivity index (χ0n) is 11.2. The minimum absolute atomic E-state index is 0.262. The van der Waals surface area contributed by atoms with E-state index in [-0.39, 0.29) is 5.91 Å². The molecule has 5 nitrogen and oxygen atoms in total. The summed E-state index contributed by atoms with van der Waals surface area (Å²) in [5.41, 5.74) is 0. The van der Waals surface area contributed by atoms with Crippen LogP contribution in [0.15, 0.2) is 4.52 Å². The van der Waals surface area contributed by atoms with E-state index in [1.807, 2.05) is 4.90 Å². The lowest BCUT2D eigenvalue weighted by Crippen LogP contribution is -2.37. The van der Waals surface area contributed by atoms with Crippen molar-refractivity contribution < 1.29 is 9.32 Å². The van der Waals surface area contributed by atoms with Crippen LogP contribution in [0.3, 0.4) is 0 Å². The van der Waals surface area contributed by atoms with Crippen LogP contribution >= 0.6 is 0 Å². The van der Waals surface area contributed by atoms with Gasteiger partial charge >= 0.3 is 0 Å². The van der Waals surface area contributed by atoms with Gasteiger partial charge in [0.25, 0.3) is 0 Å². The highest BCUT2D eigenvalue weighted by atomic mass is 16.5. The molecular formula is C13H21N3O2. The summed E-state index contributed by atoms with van der Waals surface area (Å²) in [6.07, 6.45) is 4.32. The molecule has 2 rings (SSSR count). The van der Waals surface area contributed by atoms with Crippen LogP contribution in [-0.4, -0.2) is 34.0 Å². The molecule has 100 valence electrons. The van der Waals surface area contributed by atoms with Crippen LogP contribution in [-0.2, 0) is 11.2 Å². The maximum Gasteiger partial charge on any atom is 0.226 e. The van der Waals surface area contributed by atoms with Gasteiger partial charge in [0.1, 0.15) is 0 Å². The van der Waals surface area contributed by atoms with E-state index in [9.17, 15) is 4.79 Å². The molecule has 0 radical (unpaired) electrons. The average Bonchev–Trinajstić information content (AvgIpc) is 2.76. The van der Waals surface area contributed by atoms with Gasteiger partial charge in [0.2, 0.25) is 11.8 Å². The minimum atomic E-state index is 0.262. The molecule has 1 amide bonds. The average molecular weight is 251 g/mol. The smallest absolute Gasteiger partial charge is 0.226 e. The Morgan fingerprint density at radius 2 is 2.17 bits per heavy atom. The molecule has 1 aliphatic heterocycles. The van der Waals surface area contributed by atoms with Crippen LogP contribution in [0.1, 0.15) is 44.3 Å². The number of aryl methyl sites for hydroxylation is 2. The lowest BCUT2D eigenvalue weighted by Gasteiger charge is -2.30. The first kappa shape index (κ1) is 13.1. The molecule has 0 saturated carbocycles. The highest BCUT2D eigenvalue weighted by Gasteiger charge is 2.19. The van der Waals surface area contributed by atoms with Crippen molar-refractivity contribution >= 4 is 5.91 Å². The van der Waals surface area contributed by atoms with E-state index >= 15 is 0 Å². The maximum absolute atomic E-state index is 12.0. The van der Waals surface area contributed by atoms with Gasteiger partial charge in [0.15, 0.2) is 5.82 Å². The Morgan fingerprint density at radius 3 is 2.78 bits per heavy atom. The van der Waals surface area contributed by atoms with Gasteiger partial charge in [-0.3, -0.25) is 4.79 Å². The van der Waals surface area contributed by atoms with Crippen molar-refractivity contribution in [2.45, 2.75) is 46.0 Å². The van der Waals surface area contributed by atoms with Gasteiger partial charge < -0.3 is 9.42 Å². The van der Waals surface area contributed by atoms with Gasteiger partial charge in [-0.2, -0.15) is 4.98 Å². The molecule has 5 heteroatoms. The summed E-state index contributed by atoms with van der Waals surface area (Å²) in [5, 5.41) is 3.73. The van der Waals surface area contributed by atoms with Crippen molar-refractivity contribution in [1.82, 2.24) is 15.0 Å². The molecule has 0 spiro atoms. The van der Waals surface area contributed by atoms with Gasteiger partial charge in [0, 0.05) is 25.9 Å². The summed E-state index contributed by atoms with van der Waals surface area (Å²) in [7, 11) is 0. The van der Waals surface area contributed by atoms with Gasteiger partial charge in [-0.25, -0.2) is 0 Å². The predicted octanol–water partition coefficient (Wildman–Crippen LogP) is 1.96. The number of carbonyl (C=O) groups excluding carboxylic acids is 1. The van der Waals surface area contributed by atoms with Crippen LogP contribution in [0.5, 0.6) is 0 Å². The largest absolute Gasteiger partial charge is 0.343 e. The lowest BCUT2D eigenvalue weighted by molar-refractivity contribution is -0.132. The minimum Gasteiger partial charge on any atom is -0.343 e. The van der Waals surface area contributed by atoms with Crippen LogP contribution < -0.4 is 0 Å². The summed E-state index contributed by atoms with van der Waals surface area (Å²) in [6.45, 7) is 5.88. The second-order valence-corrected chi connectivity index (χ2v) is 5.15. The molecule has 1 aliphatic rings. The van der Waals surface area contributed by atoms with Crippen LogP contribution in [0, 0.1) is 12.8 Å². The Kier molecular flexibility index (Phi) is 4.33. The summed E-state index contributed by atoms with van der Waals surface area (Å²) in [4.78, 5) is 18.1. The van der Waals surface area contributed by atoms with Crippen molar-refractivity contribution in [2.75, 3.05) is 13.1 Å². The Labute approximate surface area is 108 Å². The van der Waals surface area contributed by atoms with Gasteiger partial charge in [-0.15, -0.1) is 0 Å². The Bertz CT molecular complexity index is 395. The molecular weight excluding hydrogens is 230 g/mol. The normalized spacial score (nSPS) is 17.1. The van der Waals surface area contributed by atoms with E-state index in [4.69, 9.17) is 4.52 Å². The number of piperidine rings is 1. The Hall–Kier alpha value is -1.39. The van der Waals surface area contributed by atoms with Crippen molar-refractivity contribution in [2.24, 2.45) is 5.92 Å². The standard InChI is InChI=1S/C13H21N3O2/c1-10-6-8-16(9-7-10)13(17)5-3-4-12-14-11(2)15-18-12/h10H,3-9H2,1-2H3. The molecule has 0 N–H and O–H groups in total. The predicted molar refractivity (Wildman–Crippen MR) is 67.0 cm³/mol. The van der Waals surface area contributed by atoms with Crippen molar-refractivity contribution in [3.05, 3.63) is 11.7 Å². The van der Waals surface area contributed by atoms with Crippen LogP contribution in [0.2, 0.25) is 0 Å². The summed E-state index contributed by atoms with van der Waals surface area (Å²) in [6, 6.07) is 0. The number of aromatic nitrogens is 2. The fraction of sp³-hybridized carbons (Fsp3) is 0.769. The number of nitrogens with zero attached hydrogens (tertiary/aromatic N) is 3. The third-order valence-electron chi connectivity index (χ3n) is 3.49. The van der Waals surface area contributed by atoms with Crippen molar-refractivity contribution in [3.63, 3.8) is 0 Å². The topological polar surface area (TPSA) is 59.2 Å². The van der Waals surface area contributed by atoms with E-state index in [1.54, 1.807) is 6.92 Å². The Balaban J connectivity index is 1.68. The van der Waals surface area contributed by atoms with E-state index in [0.717, 1.165) is 38.3 Å². The van der Waals surface area contributed by atoms with E-state index in [2.05, 4.69) is 17.1 Å². The second kappa shape index (κ2) is 5.98. The lowest BCUT2D eigenvalue weighted by atomic mass is 9.99. The number of likely N-dealkylation sites (tertiary alicyclic amines) is 1. The highest BCUT2D eigenvalue weighted by molar-refractivity contribution is 5.76. The van der Waals surface area contributed by atoms with E-state index in [0.29, 0.717) is 24.6 Å². The quantitative estimate of drug-likeness (QED) is 0.820. The van der Waals surface area contributed by atoms with Crippen molar-refractivity contribution in [3.8, 4) is 0 Å². The van der Waals surface area contributed by atoms with E-state index < -0.39 is 0 Å². The van der Waals surface area contributed by atoms with Crippen LogP contribution in [0.25, 0.3) is 0 Å². The third-order valence-corrected chi connectivity index (χ3v) is 3.49. The molecule has 0 atom stereocenters. The molecule has 0 aliphatic carbocycles. The van der Waals surface area contributed by atoms with E-state index in [1.165, 1.54) is 0 Å². The summed E-state index contributed by atoms with van der Waals surface area (Å²) in [5.74, 6) is 2.31. The Morgan fingerprint density at radius 1 is 1.44 bits per heavy atom. The van der Waals surface area contributed by atoms with Gasteiger partial charge in [-0.1, -0.05) is 12.1 Å². The first-order valence-corrected chi connectivity index (χ1v) is 6.72. The SMILES string of the molecule is Cc1noc(CCCC(=O)N2CCC(C)CC2)n1. The van der Waals surface area contributed by atoms with Crippen LogP contribution in [0.4, 0.5) is 0 Å². The first-order valence-electron chi connectivity index (χ1n) is 6.72. The molecule has 2 heterocycles. The van der Waals surface area contributed by atoms with Crippen molar-refractivity contribution in [1.29, 1.82) is 0 Å². The summed E-state index contributed by atoms with van der Waals surface area (Å²) < 4.78 is 5.02. The molecule has 18 heavy (non-hydrogen) atoms. The number of carbonyl (C=O) groups is 1. The molecule has 0 bridgehead atoms. The zero-order chi connectivity index (χ0) is 13.0. The molecule has 1 fully saturated rings. The highest BCUT2D eigenvalue weighted by Crippen LogP contribution is 2.17. The molecule has 1 aromatic rings. The summed E-state index contributed by atoms with van der Waals surface area (Å²) >= 11 is 0. The fourth-order valence-corrected chi connectivity index (χ4v) is 2.25. The zero-order valence-corrected chi connectivity index (χ0v) is 11.2.